The molecule has 23 heavy (non-hydrogen) atoms. The molecule has 0 saturated heterocycles. The largest absolute Gasteiger partial charge is 0.466 e. The van der Waals surface area contributed by atoms with Crippen LogP contribution in [0, 0.1) is 23.7 Å². The summed E-state index contributed by atoms with van der Waals surface area (Å²) in [5, 5.41) is 9.09. The molecule has 3 heteroatoms. The number of aliphatic hydroxyl groups is 1. The van der Waals surface area contributed by atoms with Gasteiger partial charge in [-0.3, -0.25) is 4.79 Å². The average molecular weight is 316 g/mol. The Kier molecular flexibility index (Phi) is 15.0. The lowest BCUT2D eigenvalue weighted by Gasteiger charge is -2.01. The smallest absolute Gasteiger partial charge is 0.302 e. The van der Waals surface area contributed by atoms with Crippen molar-refractivity contribution >= 4 is 5.97 Å². The fourth-order valence-electron chi connectivity index (χ4n) is 1.81. The summed E-state index contributed by atoms with van der Waals surface area (Å²) in [4.78, 5) is 10.6. The van der Waals surface area contributed by atoms with E-state index in [0.717, 1.165) is 19.3 Å². The second kappa shape index (κ2) is 16.4. The molecule has 0 bridgehead atoms. The number of allylic oxidation sites excluding steroid dienone is 2. The fourth-order valence-corrected chi connectivity index (χ4v) is 1.81. The van der Waals surface area contributed by atoms with Gasteiger partial charge in [-0.1, -0.05) is 62.3 Å². The highest BCUT2D eigenvalue weighted by Crippen LogP contribution is 2.07. The number of hydrogen-bond donors (Lipinski definition) is 1. The maximum absolute atomic E-state index is 10.6. The first-order valence-corrected chi connectivity index (χ1v) is 8.24. The third-order valence-electron chi connectivity index (χ3n) is 3.05. The quantitative estimate of drug-likeness (QED) is 0.273. The van der Waals surface area contributed by atoms with Gasteiger partial charge in [0.25, 0.3) is 0 Å². The SMILES string of the molecule is C=C[C@@H](O)C#CC#CC/C=C\CCCCCCCCOC(C)=O. The molecule has 0 aliphatic carbocycles. The Balaban J connectivity index is 3.38. The van der Waals surface area contributed by atoms with Crippen LogP contribution in [0.3, 0.4) is 0 Å². The third kappa shape index (κ3) is 18.0. The van der Waals surface area contributed by atoms with Gasteiger partial charge in [-0.25, -0.2) is 0 Å². The molecular weight excluding hydrogens is 288 g/mol. The number of aliphatic hydroxyl groups excluding tert-OH is 1. The number of rotatable bonds is 11. The van der Waals surface area contributed by atoms with Crippen molar-refractivity contribution in [1.82, 2.24) is 0 Å². The van der Waals surface area contributed by atoms with E-state index in [0.29, 0.717) is 13.0 Å². The van der Waals surface area contributed by atoms with Gasteiger partial charge in [-0.15, -0.1) is 0 Å². The fraction of sp³-hybridized carbons (Fsp3) is 0.550. The highest BCUT2D eigenvalue weighted by Gasteiger charge is 1.93. The Morgan fingerprint density at radius 1 is 1.13 bits per heavy atom. The molecule has 0 rings (SSSR count). The number of unbranched alkanes of at least 4 members (excludes halogenated alkanes) is 6. The summed E-state index contributed by atoms with van der Waals surface area (Å²) in [6.45, 7) is 5.42. The van der Waals surface area contributed by atoms with Gasteiger partial charge in [0.1, 0.15) is 6.10 Å². The van der Waals surface area contributed by atoms with Crippen LogP contribution in [0.25, 0.3) is 0 Å². The number of ether oxygens (including phenoxy) is 1. The van der Waals surface area contributed by atoms with Crippen LogP contribution in [0.1, 0.15) is 58.3 Å². The van der Waals surface area contributed by atoms with E-state index >= 15 is 0 Å². The van der Waals surface area contributed by atoms with E-state index in [1.165, 1.54) is 38.7 Å². The monoisotopic (exact) mass is 316 g/mol. The molecule has 0 aliphatic rings. The van der Waals surface area contributed by atoms with Crippen LogP contribution in [-0.2, 0) is 9.53 Å². The van der Waals surface area contributed by atoms with Crippen molar-refractivity contribution < 1.29 is 14.6 Å². The van der Waals surface area contributed by atoms with Crippen molar-refractivity contribution in [2.75, 3.05) is 6.61 Å². The Morgan fingerprint density at radius 2 is 1.83 bits per heavy atom. The standard InChI is InChI=1S/C20H28O3/c1-3-20(22)17-15-13-11-9-7-5-4-6-8-10-12-14-16-18-23-19(2)21/h3,5,7,20,22H,1,4,6,8-10,12,14,16,18H2,2H3/b7-5-/t20-/m1/s1. The third-order valence-corrected chi connectivity index (χ3v) is 3.05. The topological polar surface area (TPSA) is 46.5 Å². The number of hydrogen-bond acceptors (Lipinski definition) is 3. The zero-order valence-electron chi connectivity index (χ0n) is 14.1. The van der Waals surface area contributed by atoms with Gasteiger partial charge in [0.2, 0.25) is 0 Å². The van der Waals surface area contributed by atoms with Crippen molar-refractivity contribution in [3.8, 4) is 23.7 Å². The normalized spacial score (nSPS) is 11.0. The minimum Gasteiger partial charge on any atom is -0.466 e. The molecule has 0 aromatic heterocycles. The average Bonchev–Trinajstić information content (AvgIpc) is 2.53. The van der Waals surface area contributed by atoms with Gasteiger partial charge in [-0.05, 0) is 31.1 Å². The highest BCUT2D eigenvalue weighted by molar-refractivity contribution is 5.65. The van der Waals surface area contributed by atoms with E-state index in [1.807, 2.05) is 0 Å². The molecule has 0 saturated carbocycles. The minimum absolute atomic E-state index is 0.192. The van der Waals surface area contributed by atoms with Gasteiger partial charge in [-0.2, -0.15) is 0 Å². The number of carbonyl (C=O) groups excluding carboxylic acids is 1. The molecule has 0 amide bonds. The maximum atomic E-state index is 10.6. The van der Waals surface area contributed by atoms with Crippen LogP contribution in [0.5, 0.6) is 0 Å². The Labute approximate surface area is 140 Å². The number of esters is 1. The minimum atomic E-state index is -0.790. The van der Waals surface area contributed by atoms with Gasteiger partial charge >= 0.3 is 5.97 Å². The summed E-state index contributed by atoms with van der Waals surface area (Å²) in [6, 6.07) is 0. The Bertz CT molecular complexity index is 469. The van der Waals surface area contributed by atoms with E-state index in [9.17, 15) is 4.79 Å². The van der Waals surface area contributed by atoms with Crippen LogP contribution in [0.2, 0.25) is 0 Å². The predicted octanol–water partition coefficient (Wildman–Crippen LogP) is 3.78. The Morgan fingerprint density at radius 3 is 2.52 bits per heavy atom. The number of carbonyl (C=O) groups is 1. The van der Waals surface area contributed by atoms with Crippen molar-refractivity contribution in [2.45, 2.75) is 64.4 Å². The van der Waals surface area contributed by atoms with Crippen LogP contribution in [-0.4, -0.2) is 23.8 Å². The van der Waals surface area contributed by atoms with Crippen LogP contribution in [0.4, 0.5) is 0 Å². The van der Waals surface area contributed by atoms with Crippen molar-refractivity contribution in [3.05, 3.63) is 24.8 Å². The molecule has 1 atom stereocenters. The molecule has 0 fully saturated rings. The zero-order chi connectivity index (χ0) is 17.2. The molecule has 0 aliphatic heterocycles. The van der Waals surface area contributed by atoms with Gasteiger partial charge in [0, 0.05) is 13.3 Å². The summed E-state index contributed by atoms with van der Waals surface area (Å²) < 4.78 is 4.88. The molecule has 3 nitrogen and oxygen atoms in total. The molecule has 0 aromatic rings. The van der Waals surface area contributed by atoms with E-state index in [-0.39, 0.29) is 5.97 Å². The van der Waals surface area contributed by atoms with Crippen LogP contribution < -0.4 is 0 Å². The van der Waals surface area contributed by atoms with Gasteiger partial charge in [0.05, 0.1) is 6.61 Å². The molecule has 1 N–H and O–H groups in total. The van der Waals surface area contributed by atoms with E-state index in [1.54, 1.807) is 0 Å². The lowest BCUT2D eigenvalue weighted by atomic mass is 10.1. The van der Waals surface area contributed by atoms with E-state index in [2.05, 4.69) is 42.4 Å². The lowest BCUT2D eigenvalue weighted by molar-refractivity contribution is -0.141. The van der Waals surface area contributed by atoms with Crippen LogP contribution >= 0.6 is 0 Å². The molecule has 126 valence electrons. The molecule has 0 aromatic carbocycles. The first kappa shape index (κ1) is 21.0. The zero-order valence-corrected chi connectivity index (χ0v) is 14.1. The second-order valence-electron chi connectivity index (χ2n) is 5.18. The highest BCUT2D eigenvalue weighted by atomic mass is 16.5. The van der Waals surface area contributed by atoms with Gasteiger partial charge in [0.15, 0.2) is 0 Å². The molecule has 0 heterocycles. The molecular formula is C20H28O3. The van der Waals surface area contributed by atoms with Gasteiger partial charge < -0.3 is 9.84 Å². The maximum Gasteiger partial charge on any atom is 0.302 e. The Hall–Kier alpha value is -1.97. The van der Waals surface area contributed by atoms with Crippen molar-refractivity contribution in [3.63, 3.8) is 0 Å². The summed E-state index contributed by atoms with van der Waals surface area (Å²) in [5.41, 5.74) is 0. The second-order valence-corrected chi connectivity index (χ2v) is 5.18. The lowest BCUT2D eigenvalue weighted by Crippen LogP contribution is -1.99. The molecule has 0 spiro atoms. The summed E-state index contributed by atoms with van der Waals surface area (Å²) in [5.74, 6) is 10.5. The molecule has 0 unspecified atom stereocenters. The molecule has 0 radical (unpaired) electrons. The predicted molar refractivity (Wildman–Crippen MR) is 94.5 cm³/mol. The summed E-state index contributed by atoms with van der Waals surface area (Å²) >= 11 is 0. The first-order chi connectivity index (χ1) is 11.2. The van der Waals surface area contributed by atoms with Crippen molar-refractivity contribution in [2.24, 2.45) is 0 Å². The summed E-state index contributed by atoms with van der Waals surface area (Å²) in [7, 11) is 0. The van der Waals surface area contributed by atoms with E-state index in [4.69, 9.17) is 9.84 Å². The van der Waals surface area contributed by atoms with E-state index < -0.39 is 6.10 Å². The first-order valence-electron chi connectivity index (χ1n) is 8.24. The van der Waals surface area contributed by atoms with Crippen molar-refractivity contribution in [1.29, 1.82) is 0 Å². The van der Waals surface area contributed by atoms with Crippen LogP contribution in [0.15, 0.2) is 24.8 Å². The summed E-state index contributed by atoms with van der Waals surface area (Å²) in [6.07, 6.45) is 13.5.